The fraction of sp³-hybridized carbons (Fsp3) is 0.500. The fourth-order valence-electron chi connectivity index (χ4n) is 3.03. The van der Waals surface area contributed by atoms with Crippen molar-refractivity contribution in [3.05, 3.63) is 23.8 Å². The average Bonchev–Trinajstić information content (AvgIpc) is 2.30. The van der Waals surface area contributed by atoms with Crippen LogP contribution in [0.3, 0.4) is 0 Å². The number of benzene rings is 1. The van der Waals surface area contributed by atoms with Crippen LogP contribution in [0.1, 0.15) is 5.56 Å². The van der Waals surface area contributed by atoms with Crippen LogP contribution in [-0.4, -0.2) is 38.8 Å². The first-order valence-corrected chi connectivity index (χ1v) is 6.64. The number of amides is 1. The van der Waals surface area contributed by atoms with E-state index >= 15 is 0 Å². The van der Waals surface area contributed by atoms with E-state index in [0.717, 1.165) is 37.7 Å². The molecule has 2 fully saturated rings. The third-order valence-corrected chi connectivity index (χ3v) is 4.47. The van der Waals surface area contributed by atoms with Gasteiger partial charge >= 0.3 is 0 Å². The van der Waals surface area contributed by atoms with Gasteiger partial charge in [0.2, 0.25) is 0 Å². The molecule has 100 valence electrons. The first-order valence-electron chi connectivity index (χ1n) is 6.64. The molecule has 3 heterocycles. The molecule has 1 aromatic carbocycles. The van der Waals surface area contributed by atoms with Crippen LogP contribution in [0.4, 0.5) is 5.69 Å². The molecule has 3 aliphatic rings. The van der Waals surface area contributed by atoms with Gasteiger partial charge < -0.3 is 20.1 Å². The molecule has 3 aliphatic heterocycles. The number of fused-ring (bicyclic) bond motifs is 1. The van der Waals surface area contributed by atoms with Crippen LogP contribution in [0.15, 0.2) is 18.2 Å². The van der Waals surface area contributed by atoms with Gasteiger partial charge in [-0.1, -0.05) is 6.07 Å². The zero-order valence-electron chi connectivity index (χ0n) is 10.6. The molecular formula is C14H16N2O3. The quantitative estimate of drug-likeness (QED) is 0.813. The topological polar surface area (TPSA) is 59.6 Å². The summed E-state index contributed by atoms with van der Waals surface area (Å²) in [5, 5.41) is 6.20. The zero-order chi connectivity index (χ0) is 12.9. The van der Waals surface area contributed by atoms with Gasteiger partial charge in [0.1, 0.15) is 5.75 Å². The van der Waals surface area contributed by atoms with E-state index in [-0.39, 0.29) is 17.9 Å². The molecule has 5 nitrogen and oxygen atoms in total. The highest BCUT2D eigenvalue weighted by Crippen LogP contribution is 2.43. The molecule has 1 amide bonds. The van der Waals surface area contributed by atoms with Gasteiger partial charge in [-0.3, -0.25) is 4.79 Å². The second-order valence-corrected chi connectivity index (χ2v) is 5.55. The Morgan fingerprint density at radius 2 is 2.11 bits per heavy atom. The van der Waals surface area contributed by atoms with Gasteiger partial charge in [0.05, 0.1) is 18.9 Å². The first-order chi connectivity index (χ1) is 9.28. The number of carbonyl (C=O) groups excluding carboxylic acids is 1. The van der Waals surface area contributed by atoms with Crippen molar-refractivity contribution in [3.8, 4) is 5.75 Å². The maximum Gasteiger partial charge on any atom is 0.262 e. The summed E-state index contributed by atoms with van der Waals surface area (Å²) >= 11 is 0. The van der Waals surface area contributed by atoms with Gasteiger partial charge in [-0.25, -0.2) is 0 Å². The molecule has 0 atom stereocenters. The number of hydrogen-bond donors (Lipinski definition) is 2. The van der Waals surface area contributed by atoms with E-state index in [1.807, 2.05) is 12.1 Å². The summed E-state index contributed by atoms with van der Waals surface area (Å²) in [6, 6.07) is 6.11. The van der Waals surface area contributed by atoms with Crippen molar-refractivity contribution >= 4 is 11.6 Å². The van der Waals surface area contributed by atoms with Gasteiger partial charge in [-0.15, -0.1) is 0 Å². The van der Waals surface area contributed by atoms with E-state index in [1.54, 1.807) is 0 Å². The predicted octanol–water partition coefficient (Wildman–Crippen LogP) is 0.505. The van der Waals surface area contributed by atoms with Crippen LogP contribution in [0, 0.1) is 5.92 Å². The van der Waals surface area contributed by atoms with E-state index in [4.69, 9.17) is 9.47 Å². The molecule has 0 aliphatic carbocycles. The van der Waals surface area contributed by atoms with E-state index in [0.29, 0.717) is 5.92 Å². The Morgan fingerprint density at radius 1 is 1.26 bits per heavy atom. The van der Waals surface area contributed by atoms with Crippen molar-refractivity contribution in [1.82, 2.24) is 5.32 Å². The van der Waals surface area contributed by atoms with Crippen molar-refractivity contribution in [2.75, 3.05) is 38.2 Å². The molecule has 19 heavy (non-hydrogen) atoms. The second-order valence-electron chi connectivity index (χ2n) is 5.55. The Bertz CT molecular complexity index is 535. The standard InChI is InChI=1S/C14H16N2O3/c17-13-6-19-12-2-1-9(3-11(12)16-13)14(7-18-8-14)10-4-15-5-10/h1-3,10,15H,4-8H2,(H,16,17). The summed E-state index contributed by atoms with van der Waals surface area (Å²) in [5.74, 6) is 1.29. The smallest absolute Gasteiger partial charge is 0.262 e. The van der Waals surface area contributed by atoms with Crippen LogP contribution in [0.25, 0.3) is 0 Å². The van der Waals surface area contributed by atoms with Gasteiger partial charge in [-0.05, 0) is 23.6 Å². The summed E-state index contributed by atoms with van der Waals surface area (Å²) in [5.41, 5.74) is 2.14. The van der Waals surface area contributed by atoms with Crippen molar-refractivity contribution < 1.29 is 14.3 Å². The lowest BCUT2D eigenvalue weighted by atomic mass is 9.66. The Hall–Kier alpha value is -1.59. The van der Waals surface area contributed by atoms with E-state index in [2.05, 4.69) is 16.7 Å². The summed E-state index contributed by atoms with van der Waals surface area (Å²) in [4.78, 5) is 11.4. The normalized spacial score (nSPS) is 24.5. The molecule has 0 aromatic heterocycles. The molecule has 1 aromatic rings. The van der Waals surface area contributed by atoms with Gasteiger partial charge in [0.25, 0.3) is 5.91 Å². The van der Waals surface area contributed by atoms with E-state index < -0.39 is 0 Å². The average molecular weight is 260 g/mol. The van der Waals surface area contributed by atoms with Crippen LogP contribution in [-0.2, 0) is 14.9 Å². The number of rotatable bonds is 2. The van der Waals surface area contributed by atoms with Gasteiger partial charge in [0.15, 0.2) is 6.61 Å². The molecule has 0 radical (unpaired) electrons. The van der Waals surface area contributed by atoms with E-state index in [1.165, 1.54) is 5.56 Å². The first kappa shape index (κ1) is 11.3. The molecule has 0 unspecified atom stereocenters. The van der Waals surface area contributed by atoms with Crippen molar-refractivity contribution in [2.45, 2.75) is 5.41 Å². The third kappa shape index (κ3) is 1.58. The molecule has 2 saturated heterocycles. The highest BCUT2D eigenvalue weighted by atomic mass is 16.5. The molecular weight excluding hydrogens is 244 g/mol. The van der Waals surface area contributed by atoms with Crippen molar-refractivity contribution in [3.63, 3.8) is 0 Å². The molecule has 4 rings (SSSR count). The lowest BCUT2D eigenvalue weighted by Crippen LogP contribution is -2.62. The minimum atomic E-state index is -0.0890. The Kier molecular flexibility index (Phi) is 2.34. The van der Waals surface area contributed by atoms with Crippen LogP contribution in [0.5, 0.6) is 5.75 Å². The minimum Gasteiger partial charge on any atom is -0.482 e. The van der Waals surface area contributed by atoms with Crippen LogP contribution in [0.2, 0.25) is 0 Å². The van der Waals surface area contributed by atoms with Crippen LogP contribution < -0.4 is 15.4 Å². The number of nitrogens with one attached hydrogen (secondary N) is 2. The minimum absolute atomic E-state index is 0.0890. The van der Waals surface area contributed by atoms with Crippen molar-refractivity contribution in [2.24, 2.45) is 5.92 Å². The predicted molar refractivity (Wildman–Crippen MR) is 69.4 cm³/mol. The molecule has 5 heteroatoms. The zero-order valence-corrected chi connectivity index (χ0v) is 10.6. The summed E-state index contributed by atoms with van der Waals surface area (Å²) in [6.07, 6.45) is 0. The number of hydrogen-bond acceptors (Lipinski definition) is 4. The Labute approximate surface area is 111 Å². The monoisotopic (exact) mass is 260 g/mol. The highest BCUT2D eigenvalue weighted by molar-refractivity contribution is 5.95. The molecule has 0 spiro atoms. The second kappa shape index (κ2) is 3.95. The fourth-order valence-corrected chi connectivity index (χ4v) is 3.03. The molecule has 0 saturated carbocycles. The SMILES string of the molecule is O=C1COc2ccc(C3(C4CNC4)COC3)cc2N1. The Balaban J connectivity index is 1.71. The van der Waals surface area contributed by atoms with Crippen molar-refractivity contribution in [1.29, 1.82) is 0 Å². The maximum atomic E-state index is 11.4. The van der Waals surface area contributed by atoms with Gasteiger partial charge in [-0.2, -0.15) is 0 Å². The lowest BCUT2D eigenvalue weighted by Gasteiger charge is -2.51. The number of carbonyl (C=O) groups is 1. The number of ether oxygens (including phenoxy) is 2. The molecule has 2 N–H and O–H groups in total. The third-order valence-electron chi connectivity index (χ3n) is 4.47. The van der Waals surface area contributed by atoms with E-state index in [9.17, 15) is 4.79 Å². The van der Waals surface area contributed by atoms with Gasteiger partial charge in [0, 0.05) is 18.5 Å². The summed E-state index contributed by atoms with van der Waals surface area (Å²) in [7, 11) is 0. The van der Waals surface area contributed by atoms with Crippen LogP contribution >= 0.6 is 0 Å². The Morgan fingerprint density at radius 3 is 2.74 bits per heavy atom. The summed E-state index contributed by atoms with van der Waals surface area (Å²) in [6.45, 7) is 3.74. The maximum absolute atomic E-state index is 11.4. The molecule has 0 bridgehead atoms. The largest absolute Gasteiger partial charge is 0.482 e. The summed E-state index contributed by atoms with van der Waals surface area (Å²) < 4.78 is 10.9. The lowest BCUT2D eigenvalue weighted by molar-refractivity contribution is -0.118. The highest BCUT2D eigenvalue weighted by Gasteiger charge is 2.49. The number of anilines is 1.